The first-order valence-corrected chi connectivity index (χ1v) is 10.6. The number of hydrogen-bond donors (Lipinski definition) is 0. The highest BCUT2D eigenvalue weighted by Gasteiger charge is 2.28. The van der Waals surface area contributed by atoms with Gasteiger partial charge in [0.15, 0.2) is 0 Å². The fourth-order valence-electron chi connectivity index (χ4n) is 4.03. The van der Waals surface area contributed by atoms with E-state index in [-0.39, 0.29) is 5.92 Å². The van der Waals surface area contributed by atoms with Gasteiger partial charge in [0, 0.05) is 32.2 Å². The molecule has 1 aromatic carbocycles. The zero-order valence-corrected chi connectivity index (χ0v) is 15.6. The Morgan fingerprint density at radius 1 is 1.12 bits per heavy atom. The zero-order valence-electron chi connectivity index (χ0n) is 14.8. The van der Waals surface area contributed by atoms with E-state index < -0.39 is 0 Å². The molecule has 24 heavy (non-hydrogen) atoms. The molecule has 4 heteroatoms. The smallest absolute Gasteiger partial charge is 0.230 e. The maximum atomic E-state index is 13.1. The van der Waals surface area contributed by atoms with Crippen molar-refractivity contribution in [2.45, 2.75) is 44.6 Å². The quantitative estimate of drug-likeness (QED) is 0.832. The predicted molar refractivity (Wildman–Crippen MR) is 103 cm³/mol. The Hall–Kier alpha value is -1.00. The summed E-state index contributed by atoms with van der Waals surface area (Å²) in [7, 11) is 0. The molecule has 0 bridgehead atoms. The summed E-state index contributed by atoms with van der Waals surface area (Å²) in [6, 6.07) is 11.0. The van der Waals surface area contributed by atoms with Crippen LogP contribution in [0.15, 0.2) is 30.3 Å². The molecule has 2 heterocycles. The fourth-order valence-corrected chi connectivity index (χ4v) is 5.11. The first kappa shape index (κ1) is 17.8. The Labute approximate surface area is 150 Å². The van der Waals surface area contributed by atoms with Crippen molar-refractivity contribution in [2.75, 3.05) is 37.7 Å². The molecule has 0 spiro atoms. The standard InChI is InChI=1S/C20H30N2OS/c1-2-19(17-7-4-3-5-8-17)20(23)22-12-6-11-21(13-14-22)18-9-15-24-16-10-18/h3-5,7-8,18-19H,2,6,9-16H2,1H3/t19-/m1/s1. The van der Waals surface area contributed by atoms with Gasteiger partial charge < -0.3 is 4.90 Å². The van der Waals surface area contributed by atoms with Crippen molar-refractivity contribution in [3.05, 3.63) is 35.9 Å². The summed E-state index contributed by atoms with van der Waals surface area (Å²) in [6.45, 7) is 6.14. The molecule has 0 N–H and O–H groups in total. The molecular formula is C20H30N2OS. The van der Waals surface area contributed by atoms with Crippen LogP contribution >= 0.6 is 11.8 Å². The second-order valence-electron chi connectivity index (χ2n) is 6.93. The lowest BCUT2D eigenvalue weighted by Gasteiger charge is -2.33. The summed E-state index contributed by atoms with van der Waals surface area (Å²) >= 11 is 2.09. The largest absolute Gasteiger partial charge is 0.341 e. The maximum absolute atomic E-state index is 13.1. The molecule has 2 aliphatic heterocycles. The summed E-state index contributed by atoms with van der Waals surface area (Å²) in [5.41, 5.74) is 1.16. The molecule has 132 valence electrons. The molecular weight excluding hydrogens is 316 g/mol. The van der Waals surface area contributed by atoms with Crippen molar-refractivity contribution >= 4 is 17.7 Å². The predicted octanol–water partition coefficient (Wildman–Crippen LogP) is 3.61. The van der Waals surface area contributed by atoms with Gasteiger partial charge in [-0.1, -0.05) is 37.3 Å². The minimum atomic E-state index is 0.0174. The van der Waals surface area contributed by atoms with Crippen LogP contribution in [0.3, 0.4) is 0 Å². The minimum absolute atomic E-state index is 0.0174. The third-order valence-electron chi connectivity index (χ3n) is 5.46. The number of nitrogens with zero attached hydrogens (tertiary/aromatic N) is 2. The molecule has 2 fully saturated rings. The van der Waals surface area contributed by atoms with Crippen LogP contribution in [0.1, 0.15) is 44.1 Å². The number of benzene rings is 1. The van der Waals surface area contributed by atoms with Crippen LogP contribution in [0, 0.1) is 0 Å². The number of amides is 1. The van der Waals surface area contributed by atoms with Crippen molar-refractivity contribution in [1.82, 2.24) is 9.80 Å². The molecule has 1 amide bonds. The summed E-state index contributed by atoms with van der Waals surface area (Å²) in [6.07, 6.45) is 4.63. The first-order chi connectivity index (χ1) is 11.8. The highest BCUT2D eigenvalue weighted by molar-refractivity contribution is 7.99. The molecule has 0 aliphatic carbocycles. The maximum Gasteiger partial charge on any atom is 0.230 e. The van der Waals surface area contributed by atoms with Gasteiger partial charge in [0.2, 0.25) is 5.91 Å². The Balaban J connectivity index is 1.61. The van der Waals surface area contributed by atoms with Crippen LogP contribution in [0.5, 0.6) is 0 Å². The van der Waals surface area contributed by atoms with Crippen molar-refractivity contribution in [3.63, 3.8) is 0 Å². The van der Waals surface area contributed by atoms with Gasteiger partial charge >= 0.3 is 0 Å². The number of carbonyl (C=O) groups is 1. The Bertz CT molecular complexity index is 516. The molecule has 0 radical (unpaired) electrons. The SMILES string of the molecule is CC[C@@H](C(=O)N1CCCN(C2CCSCC2)CC1)c1ccccc1. The highest BCUT2D eigenvalue weighted by atomic mass is 32.2. The summed E-state index contributed by atoms with van der Waals surface area (Å²) in [5, 5.41) is 0. The van der Waals surface area contributed by atoms with Gasteiger partial charge in [-0.25, -0.2) is 0 Å². The normalized spacial score (nSPS) is 22.1. The van der Waals surface area contributed by atoms with Crippen LogP contribution < -0.4 is 0 Å². The van der Waals surface area contributed by atoms with Gasteiger partial charge in [0.1, 0.15) is 0 Å². The first-order valence-electron chi connectivity index (χ1n) is 9.45. The molecule has 0 saturated carbocycles. The Kier molecular flexibility index (Phi) is 6.61. The number of carbonyl (C=O) groups excluding carboxylic acids is 1. The molecule has 1 atom stereocenters. The lowest BCUT2D eigenvalue weighted by Crippen LogP contribution is -2.42. The zero-order chi connectivity index (χ0) is 16.8. The van der Waals surface area contributed by atoms with E-state index in [2.05, 4.69) is 40.6 Å². The van der Waals surface area contributed by atoms with Gasteiger partial charge in [0.05, 0.1) is 5.92 Å². The molecule has 3 nitrogen and oxygen atoms in total. The van der Waals surface area contributed by atoms with Crippen LogP contribution in [-0.2, 0) is 4.79 Å². The molecule has 0 unspecified atom stereocenters. The van der Waals surface area contributed by atoms with Gasteiger partial charge in [-0.15, -0.1) is 0 Å². The van der Waals surface area contributed by atoms with Crippen molar-refractivity contribution < 1.29 is 4.79 Å². The Morgan fingerprint density at radius 2 is 1.88 bits per heavy atom. The lowest BCUT2D eigenvalue weighted by atomic mass is 9.95. The average molecular weight is 347 g/mol. The van der Waals surface area contributed by atoms with Gasteiger partial charge in [-0.3, -0.25) is 9.69 Å². The molecule has 2 saturated heterocycles. The van der Waals surface area contributed by atoms with E-state index in [0.29, 0.717) is 5.91 Å². The van der Waals surface area contributed by atoms with Crippen molar-refractivity contribution in [3.8, 4) is 0 Å². The van der Waals surface area contributed by atoms with E-state index in [1.807, 2.05) is 18.2 Å². The van der Waals surface area contributed by atoms with Gasteiger partial charge in [-0.2, -0.15) is 11.8 Å². The third-order valence-corrected chi connectivity index (χ3v) is 6.51. The van der Waals surface area contributed by atoms with Crippen molar-refractivity contribution in [2.24, 2.45) is 0 Å². The summed E-state index contributed by atoms with van der Waals surface area (Å²) < 4.78 is 0. The molecule has 1 aromatic rings. The minimum Gasteiger partial charge on any atom is -0.341 e. The second kappa shape index (κ2) is 8.91. The Morgan fingerprint density at radius 3 is 2.58 bits per heavy atom. The summed E-state index contributed by atoms with van der Waals surface area (Å²) in [5.74, 6) is 2.94. The monoisotopic (exact) mass is 346 g/mol. The fraction of sp³-hybridized carbons (Fsp3) is 0.650. The van der Waals surface area contributed by atoms with E-state index in [1.54, 1.807) is 0 Å². The van der Waals surface area contributed by atoms with E-state index >= 15 is 0 Å². The van der Waals surface area contributed by atoms with Crippen LogP contribution in [0.25, 0.3) is 0 Å². The third kappa shape index (κ3) is 4.34. The average Bonchev–Trinajstić information content (AvgIpc) is 2.90. The molecule has 3 rings (SSSR count). The topological polar surface area (TPSA) is 23.6 Å². The van der Waals surface area contributed by atoms with Gasteiger partial charge in [0.25, 0.3) is 0 Å². The van der Waals surface area contributed by atoms with Crippen LogP contribution in [0.2, 0.25) is 0 Å². The van der Waals surface area contributed by atoms with Crippen LogP contribution in [-0.4, -0.2) is 59.4 Å². The summed E-state index contributed by atoms with van der Waals surface area (Å²) in [4.78, 5) is 17.8. The van der Waals surface area contributed by atoms with Crippen molar-refractivity contribution in [1.29, 1.82) is 0 Å². The lowest BCUT2D eigenvalue weighted by molar-refractivity contribution is -0.132. The molecule has 2 aliphatic rings. The van der Waals surface area contributed by atoms with Gasteiger partial charge in [-0.05, 0) is 42.8 Å². The van der Waals surface area contributed by atoms with E-state index in [9.17, 15) is 4.79 Å². The van der Waals surface area contributed by atoms with Crippen LogP contribution in [0.4, 0.5) is 0 Å². The van der Waals surface area contributed by atoms with E-state index in [4.69, 9.17) is 0 Å². The molecule has 0 aromatic heterocycles. The number of rotatable bonds is 4. The van der Waals surface area contributed by atoms with E-state index in [0.717, 1.165) is 50.6 Å². The number of hydrogen-bond acceptors (Lipinski definition) is 3. The second-order valence-corrected chi connectivity index (χ2v) is 8.15. The van der Waals surface area contributed by atoms with E-state index in [1.165, 1.54) is 24.3 Å². The highest BCUT2D eigenvalue weighted by Crippen LogP contribution is 2.25. The number of thioether (sulfide) groups is 1.